The molecule has 0 N–H and O–H groups in total. The van der Waals surface area contributed by atoms with Gasteiger partial charge in [-0.25, -0.2) is 0 Å². The van der Waals surface area contributed by atoms with E-state index in [1.165, 1.54) is 49.3 Å². The molecule has 0 atom stereocenters. The maximum Gasteiger partial charge on any atom is 0.152 e. The van der Waals surface area contributed by atoms with E-state index in [1.807, 2.05) is 0 Å². The second-order valence-corrected chi connectivity index (χ2v) is 9.05. The van der Waals surface area contributed by atoms with Crippen LogP contribution in [0.2, 0.25) is 0 Å². The second kappa shape index (κ2) is 10.8. The van der Waals surface area contributed by atoms with Crippen LogP contribution in [-0.4, -0.2) is 101 Å². The quantitative estimate of drug-likeness (QED) is 0.660. The summed E-state index contributed by atoms with van der Waals surface area (Å²) in [5.41, 5.74) is 4.77. The molecule has 4 rings (SSSR count). The van der Waals surface area contributed by atoms with E-state index in [1.54, 1.807) is 0 Å². The average molecular weight is 436 g/mol. The summed E-state index contributed by atoms with van der Waals surface area (Å²) in [6.45, 7) is 11.7. The predicted octanol–water partition coefficient (Wildman–Crippen LogP) is 2.41. The summed E-state index contributed by atoms with van der Waals surface area (Å²) in [4.78, 5) is 24.5. The first kappa shape index (κ1) is 23.3. The monoisotopic (exact) mass is 435 g/mol. The lowest BCUT2D eigenvalue weighted by atomic mass is 10.0. The molecule has 0 spiro atoms. The highest BCUT2D eigenvalue weighted by Crippen LogP contribution is 2.38. The molecule has 0 bridgehead atoms. The van der Waals surface area contributed by atoms with Crippen LogP contribution in [0, 0.1) is 0 Å². The van der Waals surface area contributed by atoms with Crippen LogP contribution >= 0.6 is 12.4 Å². The topological polar surface area (TPSA) is 33.3 Å². The Morgan fingerprint density at radius 3 is 1.80 bits per heavy atom. The zero-order valence-electron chi connectivity index (χ0n) is 18.7. The number of piperazine rings is 2. The fourth-order valence-electron chi connectivity index (χ4n) is 4.96. The minimum atomic E-state index is 0. The number of carbonyl (C=O) groups excluding carboxylic acids is 1. The van der Waals surface area contributed by atoms with Crippen LogP contribution < -0.4 is 9.80 Å². The van der Waals surface area contributed by atoms with Crippen molar-refractivity contribution in [3.8, 4) is 0 Å². The number of anilines is 2. The van der Waals surface area contributed by atoms with E-state index < -0.39 is 0 Å². The first-order chi connectivity index (χ1) is 14.2. The van der Waals surface area contributed by atoms with Gasteiger partial charge >= 0.3 is 0 Å². The van der Waals surface area contributed by atoms with Crippen LogP contribution in [0.5, 0.6) is 0 Å². The van der Waals surface area contributed by atoms with Crippen molar-refractivity contribution >= 4 is 30.1 Å². The molecule has 0 aromatic heterocycles. The summed E-state index contributed by atoms with van der Waals surface area (Å²) >= 11 is 0. The molecule has 3 aliphatic heterocycles. The number of hydrogen-bond donors (Lipinski definition) is 0. The fraction of sp³-hybridized carbons (Fsp3) is 0.696. The summed E-state index contributed by atoms with van der Waals surface area (Å²) in [6, 6.07) is 4.30. The number of hydrogen-bond acceptors (Lipinski definition) is 6. The smallest absolute Gasteiger partial charge is 0.152 e. The average Bonchev–Trinajstić information content (AvgIpc) is 2.75. The molecule has 3 heterocycles. The van der Waals surface area contributed by atoms with Gasteiger partial charge in [-0.15, -0.1) is 12.4 Å². The highest BCUT2D eigenvalue weighted by Gasteiger charge is 2.27. The van der Waals surface area contributed by atoms with E-state index in [-0.39, 0.29) is 12.4 Å². The van der Waals surface area contributed by atoms with E-state index >= 15 is 0 Å². The number of likely N-dealkylation sites (tertiary alicyclic amines) is 1. The van der Waals surface area contributed by atoms with Crippen molar-refractivity contribution in [1.82, 2.24) is 14.7 Å². The van der Waals surface area contributed by atoms with Crippen molar-refractivity contribution < 1.29 is 4.79 Å². The van der Waals surface area contributed by atoms with Crippen LogP contribution in [0.15, 0.2) is 12.1 Å². The molecule has 6 nitrogen and oxygen atoms in total. The van der Waals surface area contributed by atoms with Crippen molar-refractivity contribution in [1.29, 1.82) is 0 Å². The molecule has 0 amide bonds. The normalized spacial score (nSPS) is 22.1. The summed E-state index contributed by atoms with van der Waals surface area (Å²) in [5, 5.41) is 0. The predicted molar refractivity (Wildman–Crippen MR) is 128 cm³/mol. The molecule has 3 aliphatic rings. The third-order valence-corrected chi connectivity index (χ3v) is 6.87. The minimum Gasteiger partial charge on any atom is -0.367 e. The highest BCUT2D eigenvalue weighted by atomic mass is 35.5. The number of carbonyl (C=O) groups is 1. The molecule has 168 valence electrons. The molecule has 1 aromatic rings. The van der Waals surface area contributed by atoms with Gasteiger partial charge in [0.15, 0.2) is 6.29 Å². The van der Waals surface area contributed by atoms with Crippen LogP contribution in [0.1, 0.15) is 35.2 Å². The lowest BCUT2D eigenvalue weighted by molar-refractivity contribution is 0.112. The van der Waals surface area contributed by atoms with E-state index in [9.17, 15) is 4.79 Å². The van der Waals surface area contributed by atoms with E-state index in [4.69, 9.17) is 0 Å². The molecule has 1 aromatic carbocycles. The third-order valence-electron chi connectivity index (χ3n) is 6.87. The van der Waals surface area contributed by atoms with Crippen molar-refractivity contribution in [2.75, 3.05) is 89.3 Å². The number of piperidine rings is 1. The van der Waals surface area contributed by atoms with Crippen molar-refractivity contribution in [2.45, 2.75) is 25.8 Å². The molecule has 0 unspecified atom stereocenters. The number of likely N-dealkylation sites (N-methyl/N-ethyl adjacent to an activating group) is 2. The van der Waals surface area contributed by atoms with Crippen molar-refractivity contribution in [3.05, 3.63) is 23.3 Å². The number of benzene rings is 1. The molecule has 30 heavy (non-hydrogen) atoms. The maximum absolute atomic E-state index is 12.0. The van der Waals surface area contributed by atoms with Crippen LogP contribution in [0.25, 0.3) is 0 Å². The van der Waals surface area contributed by atoms with Crippen molar-refractivity contribution in [3.63, 3.8) is 0 Å². The molecular formula is C23H38ClN5O. The lowest BCUT2D eigenvalue weighted by Gasteiger charge is -2.41. The van der Waals surface area contributed by atoms with Gasteiger partial charge in [-0.05, 0) is 51.7 Å². The fourth-order valence-corrected chi connectivity index (χ4v) is 4.96. The maximum atomic E-state index is 12.0. The third kappa shape index (κ3) is 5.28. The molecule has 3 fully saturated rings. The molecule has 0 aliphatic carbocycles. The largest absolute Gasteiger partial charge is 0.367 e. The number of nitrogens with zero attached hydrogens (tertiary/aromatic N) is 5. The minimum absolute atomic E-state index is 0. The summed E-state index contributed by atoms with van der Waals surface area (Å²) < 4.78 is 0. The Balaban J connectivity index is 0.00000256. The summed E-state index contributed by atoms with van der Waals surface area (Å²) in [6.07, 6.45) is 5.04. The van der Waals surface area contributed by atoms with Crippen molar-refractivity contribution in [2.24, 2.45) is 0 Å². The Bertz CT molecular complexity index is 693. The zero-order chi connectivity index (χ0) is 20.2. The van der Waals surface area contributed by atoms with Crippen LogP contribution in [-0.2, 0) is 6.54 Å². The van der Waals surface area contributed by atoms with Gasteiger partial charge < -0.3 is 19.6 Å². The van der Waals surface area contributed by atoms with Gasteiger partial charge in [0.05, 0.1) is 11.4 Å². The zero-order valence-corrected chi connectivity index (χ0v) is 19.5. The number of halogens is 1. The molecule has 7 heteroatoms. The molecule has 0 radical (unpaired) electrons. The van der Waals surface area contributed by atoms with Crippen LogP contribution in [0.4, 0.5) is 11.4 Å². The number of rotatable bonds is 5. The van der Waals surface area contributed by atoms with Gasteiger partial charge in [-0.2, -0.15) is 0 Å². The Hall–Kier alpha value is -1.34. The highest BCUT2D eigenvalue weighted by molar-refractivity contribution is 5.92. The number of aldehydes is 1. The SMILES string of the molecule is CN1CCN(c2c(C=O)ccc(CN3CCCCC3)c2N2CCN(C)CC2)CC1.Cl. The molecular weight excluding hydrogens is 398 g/mol. The van der Waals surface area contributed by atoms with Gasteiger partial charge in [0, 0.05) is 64.5 Å². The standard InChI is InChI=1S/C23H37N5O.ClH/c1-24-10-14-27(15-11-24)22-20(18-26-8-4-3-5-9-26)6-7-21(19-29)23(22)28-16-12-25(2)13-17-28;/h6-7,19H,3-5,8-18H2,1-2H3;1H. The van der Waals surface area contributed by atoms with Crippen LogP contribution in [0.3, 0.4) is 0 Å². The Labute approximate surface area is 188 Å². The van der Waals surface area contributed by atoms with E-state index in [0.717, 1.165) is 70.8 Å². The van der Waals surface area contributed by atoms with Gasteiger partial charge in [0.2, 0.25) is 0 Å². The van der Waals surface area contributed by atoms with Gasteiger partial charge in [0.25, 0.3) is 0 Å². The summed E-state index contributed by atoms with van der Waals surface area (Å²) in [5.74, 6) is 0. The Morgan fingerprint density at radius 1 is 0.733 bits per heavy atom. The first-order valence-corrected chi connectivity index (χ1v) is 11.4. The first-order valence-electron chi connectivity index (χ1n) is 11.4. The van der Waals surface area contributed by atoms with E-state index in [0.29, 0.717) is 0 Å². The Kier molecular flexibility index (Phi) is 8.40. The Morgan fingerprint density at radius 2 is 1.27 bits per heavy atom. The lowest BCUT2D eigenvalue weighted by Crippen LogP contribution is -2.48. The van der Waals surface area contributed by atoms with Gasteiger partial charge in [0.1, 0.15) is 0 Å². The van der Waals surface area contributed by atoms with Gasteiger partial charge in [-0.1, -0.05) is 12.5 Å². The second-order valence-electron chi connectivity index (χ2n) is 9.05. The molecule has 0 saturated carbocycles. The summed E-state index contributed by atoms with van der Waals surface area (Å²) in [7, 11) is 4.39. The van der Waals surface area contributed by atoms with E-state index in [2.05, 4.69) is 50.7 Å². The molecule has 3 saturated heterocycles. The van der Waals surface area contributed by atoms with Gasteiger partial charge in [-0.3, -0.25) is 9.69 Å².